The van der Waals surface area contributed by atoms with Crippen molar-refractivity contribution in [3.8, 4) is 5.75 Å². The fourth-order valence-corrected chi connectivity index (χ4v) is 2.67. The van der Waals surface area contributed by atoms with Crippen LogP contribution in [0, 0.1) is 0 Å². The van der Waals surface area contributed by atoms with E-state index >= 15 is 0 Å². The molecular formula is C23H17NO3. The summed E-state index contributed by atoms with van der Waals surface area (Å²) >= 11 is 0. The molecule has 0 aliphatic carbocycles. The van der Waals surface area contributed by atoms with Gasteiger partial charge in [0.25, 0.3) is 0 Å². The lowest BCUT2D eigenvalue weighted by molar-refractivity contribution is -0.129. The molecular weight excluding hydrogens is 338 g/mol. The maximum atomic E-state index is 12.1. The Morgan fingerprint density at radius 2 is 1.52 bits per heavy atom. The van der Waals surface area contributed by atoms with Gasteiger partial charge in [0.15, 0.2) is 5.70 Å². The number of carbonyl (C=O) groups excluding carboxylic acids is 1. The number of aliphatic imine (C=N–C) groups is 1. The van der Waals surface area contributed by atoms with Crippen molar-refractivity contribution in [2.24, 2.45) is 4.99 Å². The highest BCUT2D eigenvalue weighted by Crippen LogP contribution is 2.21. The zero-order valence-electron chi connectivity index (χ0n) is 14.5. The largest absolute Gasteiger partial charge is 0.489 e. The van der Waals surface area contributed by atoms with Crippen LogP contribution in [0.4, 0.5) is 0 Å². The van der Waals surface area contributed by atoms with Crippen LogP contribution in [-0.2, 0) is 16.1 Å². The lowest BCUT2D eigenvalue weighted by Gasteiger charge is -2.07. The Balaban J connectivity index is 1.46. The molecule has 1 heterocycles. The SMILES string of the molecule is O=C1OC(c2ccc(OCc3ccccc3)cc2)=N/C1=C/c1ccccc1. The van der Waals surface area contributed by atoms with E-state index in [-0.39, 0.29) is 0 Å². The van der Waals surface area contributed by atoms with Gasteiger partial charge in [-0.1, -0.05) is 60.7 Å². The molecule has 0 saturated carbocycles. The van der Waals surface area contributed by atoms with E-state index in [0.717, 1.165) is 22.4 Å². The van der Waals surface area contributed by atoms with Gasteiger partial charge >= 0.3 is 5.97 Å². The van der Waals surface area contributed by atoms with Crippen molar-refractivity contribution in [2.75, 3.05) is 0 Å². The average molecular weight is 355 g/mol. The summed E-state index contributed by atoms with van der Waals surface area (Å²) in [5, 5.41) is 0. The highest BCUT2D eigenvalue weighted by Gasteiger charge is 2.24. The second-order valence-electron chi connectivity index (χ2n) is 6.05. The zero-order chi connectivity index (χ0) is 18.5. The molecule has 3 aromatic rings. The standard InChI is InChI=1S/C23H17NO3/c25-23-21(15-17-7-3-1-4-8-17)24-22(27-23)19-11-13-20(14-12-19)26-16-18-9-5-2-6-10-18/h1-15H,16H2/b21-15+. The van der Waals surface area contributed by atoms with Gasteiger partial charge in [0.2, 0.25) is 5.90 Å². The summed E-state index contributed by atoms with van der Waals surface area (Å²) < 4.78 is 11.1. The van der Waals surface area contributed by atoms with Crippen LogP contribution >= 0.6 is 0 Å². The number of nitrogens with zero attached hydrogens (tertiary/aromatic N) is 1. The Hall–Kier alpha value is -3.66. The molecule has 4 rings (SSSR count). The Bertz CT molecular complexity index is 991. The lowest BCUT2D eigenvalue weighted by Crippen LogP contribution is -2.05. The summed E-state index contributed by atoms with van der Waals surface area (Å²) in [5.41, 5.74) is 3.03. The van der Waals surface area contributed by atoms with Gasteiger partial charge in [0.1, 0.15) is 12.4 Å². The summed E-state index contributed by atoms with van der Waals surface area (Å²) in [6, 6.07) is 26.9. The maximum Gasteiger partial charge on any atom is 0.363 e. The molecule has 0 amide bonds. The molecule has 132 valence electrons. The monoisotopic (exact) mass is 355 g/mol. The van der Waals surface area contributed by atoms with Crippen molar-refractivity contribution in [1.82, 2.24) is 0 Å². The van der Waals surface area contributed by atoms with E-state index in [4.69, 9.17) is 9.47 Å². The molecule has 0 spiro atoms. The Morgan fingerprint density at radius 3 is 2.22 bits per heavy atom. The van der Waals surface area contributed by atoms with Crippen molar-refractivity contribution in [3.63, 3.8) is 0 Å². The minimum Gasteiger partial charge on any atom is -0.489 e. The molecule has 1 aliphatic rings. The van der Waals surface area contributed by atoms with Gasteiger partial charge < -0.3 is 9.47 Å². The molecule has 0 aromatic heterocycles. The fourth-order valence-electron chi connectivity index (χ4n) is 2.67. The number of carbonyl (C=O) groups is 1. The zero-order valence-corrected chi connectivity index (χ0v) is 14.5. The normalized spacial score (nSPS) is 14.7. The lowest BCUT2D eigenvalue weighted by atomic mass is 10.2. The third-order valence-corrected chi connectivity index (χ3v) is 4.07. The number of rotatable bonds is 5. The number of ether oxygens (including phenoxy) is 2. The van der Waals surface area contributed by atoms with E-state index in [2.05, 4.69) is 4.99 Å². The number of esters is 1. The van der Waals surface area contributed by atoms with E-state index in [0.29, 0.717) is 18.2 Å². The minimum atomic E-state index is -0.446. The average Bonchev–Trinajstić information content (AvgIpc) is 3.09. The quantitative estimate of drug-likeness (QED) is 0.496. The van der Waals surface area contributed by atoms with Gasteiger partial charge in [-0.2, -0.15) is 0 Å². The smallest absolute Gasteiger partial charge is 0.363 e. The Labute approximate surface area is 157 Å². The molecule has 0 unspecified atom stereocenters. The van der Waals surface area contributed by atoms with Crippen LogP contribution in [-0.4, -0.2) is 11.9 Å². The van der Waals surface area contributed by atoms with E-state index in [9.17, 15) is 4.79 Å². The van der Waals surface area contributed by atoms with E-state index < -0.39 is 5.97 Å². The van der Waals surface area contributed by atoms with Crippen LogP contribution in [0.2, 0.25) is 0 Å². The molecule has 4 heteroatoms. The summed E-state index contributed by atoms with van der Waals surface area (Å²) in [5.74, 6) is 0.600. The molecule has 0 atom stereocenters. The van der Waals surface area contributed by atoms with Crippen molar-refractivity contribution in [2.45, 2.75) is 6.61 Å². The van der Waals surface area contributed by atoms with Crippen molar-refractivity contribution in [1.29, 1.82) is 0 Å². The van der Waals surface area contributed by atoms with Gasteiger partial charge in [-0.3, -0.25) is 0 Å². The first-order chi connectivity index (χ1) is 13.3. The first kappa shape index (κ1) is 16.8. The number of benzene rings is 3. The molecule has 1 aliphatic heterocycles. The third kappa shape index (κ3) is 4.12. The predicted molar refractivity (Wildman–Crippen MR) is 104 cm³/mol. The number of cyclic esters (lactones) is 1. The maximum absolute atomic E-state index is 12.1. The Kier molecular flexibility index (Phi) is 4.79. The summed E-state index contributed by atoms with van der Waals surface area (Å²) in [6.07, 6.45) is 1.71. The van der Waals surface area contributed by atoms with Gasteiger partial charge in [-0.15, -0.1) is 0 Å². The topological polar surface area (TPSA) is 47.9 Å². The van der Waals surface area contributed by atoms with Crippen LogP contribution in [0.1, 0.15) is 16.7 Å². The summed E-state index contributed by atoms with van der Waals surface area (Å²) in [7, 11) is 0. The number of hydrogen-bond acceptors (Lipinski definition) is 4. The molecule has 27 heavy (non-hydrogen) atoms. The van der Waals surface area contributed by atoms with Crippen molar-refractivity contribution >= 4 is 17.9 Å². The molecule has 0 fully saturated rings. The van der Waals surface area contributed by atoms with Crippen LogP contribution < -0.4 is 4.74 Å². The highest BCUT2D eigenvalue weighted by atomic mass is 16.6. The molecule has 0 radical (unpaired) electrons. The third-order valence-electron chi connectivity index (χ3n) is 4.07. The second kappa shape index (κ2) is 7.70. The van der Waals surface area contributed by atoms with Crippen LogP contribution in [0.5, 0.6) is 5.75 Å². The molecule has 0 saturated heterocycles. The van der Waals surface area contributed by atoms with Crippen molar-refractivity contribution in [3.05, 3.63) is 107 Å². The first-order valence-corrected chi connectivity index (χ1v) is 8.63. The van der Waals surface area contributed by atoms with E-state index in [1.807, 2.05) is 84.9 Å². The van der Waals surface area contributed by atoms with E-state index in [1.165, 1.54) is 0 Å². The Morgan fingerprint density at radius 1 is 0.852 bits per heavy atom. The fraction of sp³-hybridized carbons (Fsp3) is 0.0435. The van der Waals surface area contributed by atoms with Crippen molar-refractivity contribution < 1.29 is 14.3 Å². The predicted octanol–water partition coefficient (Wildman–Crippen LogP) is 4.61. The minimum absolute atomic E-state index is 0.292. The summed E-state index contributed by atoms with van der Waals surface area (Å²) in [6.45, 7) is 0.500. The van der Waals surface area contributed by atoms with Crippen LogP contribution in [0.15, 0.2) is 95.6 Å². The highest BCUT2D eigenvalue weighted by molar-refractivity contribution is 6.12. The van der Waals surface area contributed by atoms with E-state index in [1.54, 1.807) is 6.08 Å². The summed E-state index contributed by atoms with van der Waals surface area (Å²) in [4.78, 5) is 16.4. The second-order valence-corrected chi connectivity index (χ2v) is 6.05. The van der Waals surface area contributed by atoms with Gasteiger partial charge in [0.05, 0.1) is 0 Å². The molecule has 4 nitrogen and oxygen atoms in total. The van der Waals surface area contributed by atoms with Crippen LogP contribution in [0.25, 0.3) is 6.08 Å². The molecule has 3 aromatic carbocycles. The first-order valence-electron chi connectivity index (χ1n) is 8.63. The van der Waals surface area contributed by atoms with Crippen LogP contribution in [0.3, 0.4) is 0 Å². The molecule has 0 bridgehead atoms. The number of hydrogen-bond donors (Lipinski definition) is 0. The molecule has 0 N–H and O–H groups in total. The van der Waals surface area contributed by atoms with Gasteiger partial charge in [-0.05, 0) is 41.5 Å². The van der Waals surface area contributed by atoms with Gasteiger partial charge in [0, 0.05) is 5.56 Å². The van der Waals surface area contributed by atoms with Gasteiger partial charge in [-0.25, -0.2) is 9.79 Å².